The number of carbonyl (C=O) groups excluding carboxylic acids is 1. The van der Waals surface area contributed by atoms with Gasteiger partial charge < -0.3 is 15.2 Å². The molecule has 4 heteroatoms. The van der Waals surface area contributed by atoms with Crippen molar-refractivity contribution in [1.82, 2.24) is 0 Å². The lowest BCUT2D eigenvalue weighted by Crippen LogP contribution is -2.13. The molecular weight excluding hydrogens is 290 g/mol. The molecule has 0 heterocycles. The minimum Gasteiger partial charge on any atom is -0.493 e. The van der Waals surface area contributed by atoms with Crippen LogP contribution in [0.5, 0.6) is 5.75 Å². The molecule has 0 aliphatic heterocycles. The molecule has 0 aliphatic carbocycles. The maximum atomic E-state index is 11.1. The van der Waals surface area contributed by atoms with Gasteiger partial charge in [-0.3, -0.25) is 4.79 Å². The summed E-state index contributed by atoms with van der Waals surface area (Å²) >= 11 is 0. The minimum atomic E-state index is -0.252. The molecule has 0 fully saturated rings. The van der Waals surface area contributed by atoms with Gasteiger partial charge in [0.25, 0.3) is 0 Å². The molecular formula is C19H23NO3. The number of carbonyl (C=O) groups is 1. The van der Waals surface area contributed by atoms with Crippen molar-refractivity contribution in [3.8, 4) is 5.75 Å². The van der Waals surface area contributed by atoms with Crippen LogP contribution in [0.25, 0.3) is 0 Å². The van der Waals surface area contributed by atoms with Crippen LogP contribution < -0.4 is 10.5 Å². The number of nitrogens with two attached hydrogens (primary N) is 1. The zero-order valence-corrected chi connectivity index (χ0v) is 13.2. The summed E-state index contributed by atoms with van der Waals surface area (Å²) < 4.78 is 10.6. The molecule has 2 aromatic rings. The maximum absolute atomic E-state index is 11.1. The highest BCUT2D eigenvalue weighted by molar-refractivity contribution is 5.69. The predicted molar refractivity (Wildman–Crippen MR) is 90.4 cm³/mol. The second-order valence-corrected chi connectivity index (χ2v) is 5.27. The summed E-state index contributed by atoms with van der Waals surface area (Å²) in [7, 11) is 0. The highest BCUT2D eigenvalue weighted by atomic mass is 16.5. The van der Waals surface area contributed by atoms with Gasteiger partial charge in [-0.15, -0.1) is 0 Å². The van der Waals surface area contributed by atoms with E-state index >= 15 is 0 Å². The van der Waals surface area contributed by atoms with Gasteiger partial charge in [0.05, 0.1) is 19.6 Å². The fraction of sp³-hybridized carbons (Fsp3) is 0.316. The van der Waals surface area contributed by atoms with Crippen LogP contribution in [0.4, 0.5) is 0 Å². The highest BCUT2D eigenvalue weighted by Gasteiger charge is 2.01. The van der Waals surface area contributed by atoms with Gasteiger partial charge in [-0.2, -0.15) is 0 Å². The van der Waals surface area contributed by atoms with Crippen LogP contribution in [-0.2, 0) is 16.0 Å². The molecule has 0 bridgehead atoms. The fourth-order valence-electron chi connectivity index (χ4n) is 2.16. The van der Waals surface area contributed by atoms with Crippen LogP contribution in [0.2, 0.25) is 0 Å². The van der Waals surface area contributed by atoms with Crippen LogP contribution in [0.15, 0.2) is 54.6 Å². The van der Waals surface area contributed by atoms with Gasteiger partial charge in [-0.25, -0.2) is 0 Å². The number of benzene rings is 2. The van der Waals surface area contributed by atoms with E-state index in [0.717, 1.165) is 12.2 Å². The van der Waals surface area contributed by atoms with Crippen LogP contribution in [0.3, 0.4) is 0 Å². The third-order valence-electron chi connectivity index (χ3n) is 3.34. The maximum Gasteiger partial charge on any atom is 0.307 e. The number of esters is 1. The summed E-state index contributed by atoms with van der Waals surface area (Å²) in [5, 5.41) is 0. The monoisotopic (exact) mass is 313 g/mol. The smallest absolute Gasteiger partial charge is 0.307 e. The minimum absolute atomic E-state index is 0.252. The first kappa shape index (κ1) is 17.0. The quantitative estimate of drug-likeness (QED) is 0.571. The topological polar surface area (TPSA) is 61.6 Å². The molecule has 0 spiro atoms. The zero-order valence-electron chi connectivity index (χ0n) is 13.2. The van der Waals surface area contributed by atoms with Crippen molar-refractivity contribution in [3.05, 3.63) is 65.7 Å². The summed E-state index contributed by atoms with van der Waals surface area (Å²) in [6.07, 6.45) is 1.85. The summed E-state index contributed by atoms with van der Waals surface area (Å²) in [6, 6.07) is 18.4. The van der Waals surface area contributed by atoms with E-state index in [9.17, 15) is 4.79 Å². The molecule has 4 nitrogen and oxygen atoms in total. The first-order valence-corrected chi connectivity index (χ1v) is 7.89. The molecule has 2 rings (SSSR count). The third kappa shape index (κ3) is 6.53. The molecule has 0 saturated carbocycles. The van der Waals surface area contributed by atoms with Crippen molar-refractivity contribution in [1.29, 1.82) is 0 Å². The van der Waals surface area contributed by atoms with Crippen molar-refractivity contribution in [3.63, 3.8) is 0 Å². The lowest BCUT2D eigenvalue weighted by Gasteiger charge is -2.08. The van der Waals surface area contributed by atoms with E-state index in [2.05, 4.69) is 24.3 Å². The van der Waals surface area contributed by atoms with Crippen molar-refractivity contribution in [2.24, 2.45) is 5.73 Å². The lowest BCUT2D eigenvalue weighted by atomic mass is 10.1. The Balaban J connectivity index is 1.68. The van der Waals surface area contributed by atoms with E-state index in [1.807, 2.05) is 30.3 Å². The number of ether oxygens (including phenoxy) is 2. The molecule has 0 unspecified atom stereocenters. The second kappa shape index (κ2) is 9.64. The van der Waals surface area contributed by atoms with Crippen LogP contribution in [0.1, 0.15) is 24.0 Å². The van der Waals surface area contributed by atoms with E-state index in [-0.39, 0.29) is 12.4 Å². The molecule has 2 aromatic carbocycles. The Morgan fingerprint density at radius 1 is 0.913 bits per heavy atom. The second-order valence-electron chi connectivity index (χ2n) is 5.27. The molecule has 0 aliphatic rings. The predicted octanol–water partition coefficient (Wildman–Crippen LogP) is 2.94. The number of rotatable bonds is 9. The van der Waals surface area contributed by atoms with Crippen LogP contribution in [0, 0.1) is 0 Å². The first-order valence-electron chi connectivity index (χ1n) is 7.89. The van der Waals surface area contributed by atoms with Crippen molar-refractivity contribution in [2.75, 3.05) is 19.8 Å². The average molecular weight is 313 g/mol. The highest BCUT2D eigenvalue weighted by Crippen LogP contribution is 2.15. The van der Waals surface area contributed by atoms with Crippen molar-refractivity contribution in [2.45, 2.75) is 19.3 Å². The standard InChI is InChI=1S/C19H23NO3/c20-12-11-19(21)23-14-4-13-22-18-9-7-17(8-10-18)15-16-5-2-1-3-6-16/h1-3,5-10H,4,11-15,20H2. The van der Waals surface area contributed by atoms with Crippen LogP contribution in [-0.4, -0.2) is 25.7 Å². The van der Waals surface area contributed by atoms with Crippen LogP contribution >= 0.6 is 0 Å². The van der Waals surface area contributed by atoms with Crippen molar-refractivity contribution < 1.29 is 14.3 Å². The van der Waals surface area contributed by atoms with Gasteiger partial charge in [-0.1, -0.05) is 42.5 Å². The molecule has 0 saturated heterocycles. The van der Waals surface area contributed by atoms with Gasteiger partial charge >= 0.3 is 5.97 Å². The van der Waals surface area contributed by atoms with Gasteiger partial charge in [0, 0.05) is 13.0 Å². The molecule has 0 radical (unpaired) electrons. The van der Waals surface area contributed by atoms with E-state index in [1.165, 1.54) is 11.1 Å². The van der Waals surface area contributed by atoms with Gasteiger partial charge in [-0.05, 0) is 29.7 Å². The average Bonchev–Trinajstić information content (AvgIpc) is 2.57. The van der Waals surface area contributed by atoms with E-state index in [0.29, 0.717) is 26.2 Å². The summed E-state index contributed by atoms with van der Waals surface area (Å²) in [5.74, 6) is 0.577. The summed E-state index contributed by atoms with van der Waals surface area (Å²) in [4.78, 5) is 11.1. The SMILES string of the molecule is NCCC(=O)OCCCOc1ccc(Cc2ccccc2)cc1. The molecule has 122 valence electrons. The Labute approximate surface area is 137 Å². The Morgan fingerprint density at radius 3 is 2.30 bits per heavy atom. The van der Waals surface area contributed by atoms with Gasteiger partial charge in [0.15, 0.2) is 0 Å². The van der Waals surface area contributed by atoms with E-state index in [4.69, 9.17) is 15.2 Å². The molecule has 0 aromatic heterocycles. The van der Waals surface area contributed by atoms with E-state index < -0.39 is 0 Å². The lowest BCUT2D eigenvalue weighted by molar-refractivity contribution is -0.143. The molecule has 0 atom stereocenters. The Kier molecular flexibility index (Phi) is 7.14. The first-order chi connectivity index (χ1) is 11.3. The fourth-order valence-corrected chi connectivity index (χ4v) is 2.16. The number of hydrogen-bond acceptors (Lipinski definition) is 4. The Bertz CT molecular complexity index is 581. The molecule has 0 amide bonds. The number of hydrogen-bond donors (Lipinski definition) is 1. The van der Waals surface area contributed by atoms with Gasteiger partial charge in [0.2, 0.25) is 0 Å². The normalized spacial score (nSPS) is 10.3. The summed E-state index contributed by atoms with van der Waals surface area (Å²) in [5.41, 5.74) is 7.81. The summed E-state index contributed by atoms with van der Waals surface area (Å²) in [6.45, 7) is 1.21. The van der Waals surface area contributed by atoms with Crippen molar-refractivity contribution >= 4 is 5.97 Å². The van der Waals surface area contributed by atoms with Gasteiger partial charge in [0.1, 0.15) is 5.75 Å². The zero-order chi connectivity index (χ0) is 16.3. The largest absolute Gasteiger partial charge is 0.493 e. The Morgan fingerprint density at radius 2 is 1.61 bits per heavy atom. The molecule has 23 heavy (non-hydrogen) atoms. The third-order valence-corrected chi connectivity index (χ3v) is 3.34. The Hall–Kier alpha value is -2.33. The van der Waals surface area contributed by atoms with E-state index in [1.54, 1.807) is 0 Å². The molecule has 2 N–H and O–H groups in total.